The molecule has 2 amide bonds. The Morgan fingerprint density at radius 1 is 1.17 bits per heavy atom. The molecule has 1 aromatic carbocycles. The molecule has 154 valence electrons. The summed E-state index contributed by atoms with van der Waals surface area (Å²) in [6.07, 6.45) is 7.62. The molecule has 2 aromatic rings. The summed E-state index contributed by atoms with van der Waals surface area (Å²) in [5.41, 5.74) is 6.73. The molecule has 0 aliphatic heterocycles. The van der Waals surface area contributed by atoms with E-state index in [9.17, 15) is 9.00 Å². The molecule has 3 N–H and O–H groups in total. The Morgan fingerprint density at radius 3 is 2.38 bits per heavy atom. The van der Waals surface area contributed by atoms with Gasteiger partial charge in [-0.15, -0.1) is 4.36 Å². The molecule has 0 saturated heterocycles. The summed E-state index contributed by atoms with van der Waals surface area (Å²) in [6.45, 7) is 0.661. The Hall–Kier alpha value is -2.29. The zero-order chi connectivity index (χ0) is 20.6. The van der Waals surface area contributed by atoms with Crippen molar-refractivity contribution in [2.24, 2.45) is 9.50 Å². The zero-order valence-electron chi connectivity index (χ0n) is 16.9. The number of carbonyl (C=O) groups is 1. The molecule has 8 heteroatoms. The number of aromatic nitrogens is 1. The van der Waals surface area contributed by atoms with E-state index in [0.717, 1.165) is 49.9 Å². The molecule has 29 heavy (non-hydrogen) atoms. The van der Waals surface area contributed by atoms with Gasteiger partial charge in [-0.25, -0.2) is 14.1 Å². The lowest BCUT2D eigenvalue weighted by Gasteiger charge is -2.15. The van der Waals surface area contributed by atoms with Gasteiger partial charge < -0.3 is 10.2 Å². The van der Waals surface area contributed by atoms with Crippen molar-refractivity contribution >= 4 is 21.6 Å². The first-order valence-electron chi connectivity index (χ1n) is 9.95. The standard InChI is InChI=1S/C21H27N5O2S/c1-26(2)13-16-9-10-17(12-23-16)29(22,28)25-21(27)24-20-18-7-3-5-14(18)11-15-6-4-8-19(15)20/h9-12H,3-8,13H2,1-2H3,(H3,22,24,25,27,28)/t29-/m1/s1. The van der Waals surface area contributed by atoms with E-state index in [4.69, 9.17) is 5.14 Å². The van der Waals surface area contributed by atoms with E-state index >= 15 is 0 Å². The predicted octanol–water partition coefficient (Wildman–Crippen LogP) is 3.05. The number of pyridine rings is 1. The minimum Gasteiger partial charge on any atom is -0.305 e. The van der Waals surface area contributed by atoms with Gasteiger partial charge in [0.05, 0.1) is 10.6 Å². The monoisotopic (exact) mass is 413 g/mol. The Kier molecular flexibility index (Phi) is 5.42. The molecular weight excluding hydrogens is 386 g/mol. The predicted molar refractivity (Wildman–Crippen MR) is 114 cm³/mol. The lowest BCUT2D eigenvalue weighted by Crippen LogP contribution is -2.19. The number of rotatable bonds is 4. The summed E-state index contributed by atoms with van der Waals surface area (Å²) in [6, 6.07) is 5.02. The van der Waals surface area contributed by atoms with Crippen molar-refractivity contribution < 1.29 is 9.00 Å². The van der Waals surface area contributed by atoms with E-state index in [0.29, 0.717) is 6.54 Å². The summed E-state index contributed by atoms with van der Waals surface area (Å²) < 4.78 is 16.7. The highest BCUT2D eigenvalue weighted by Crippen LogP contribution is 2.38. The number of benzene rings is 1. The summed E-state index contributed by atoms with van der Waals surface area (Å²) in [4.78, 5) is 19.2. The molecule has 0 saturated carbocycles. The van der Waals surface area contributed by atoms with Gasteiger partial charge >= 0.3 is 6.03 Å². The summed E-state index contributed by atoms with van der Waals surface area (Å²) >= 11 is 0. The SMILES string of the molecule is CN(C)Cc1ccc([S@](N)(=O)=NC(=O)Nc2c3c(cc4c2CCC4)CCC3)cn1. The topological polar surface area (TPSA) is 101 Å². The first kappa shape index (κ1) is 20.0. The highest BCUT2D eigenvalue weighted by atomic mass is 32.2. The van der Waals surface area contributed by atoms with Gasteiger partial charge in [0, 0.05) is 18.4 Å². The molecule has 1 atom stereocenters. The van der Waals surface area contributed by atoms with E-state index in [1.807, 2.05) is 19.0 Å². The zero-order valence-corrected chi connectivity index (χ0v) is 17.7. The van der Waals surface area contributed by atoms with Crippen molar-refractivity contribution in [1.29, 1.82) is 0 Å². The molecule has 1 heterocycles. The van der Waals surface area contributed by atoms with Crippen molar-refractivity contribution in [3.05, 3.63) is 52.3 Å². The van der Waals surface area contributed by atoms with Crippen LogP contribution in [0.3, 0.4) is 0 Å². The third-order valence-electron chi connectivity index (χ3n) is 5.54. The van der Waals surface area contributed by atoms with Crippen LogP contribution in [0.4, 0.5) is 10.5 Å². The third-order valence-corrected chi connectivity index (χ3v) is 6.89. The average molecular weight is 414 g/mol. The summed E-state index contributed by atoms with van der Waals surface area (Å²) in [5, 5.41) is 8.83. The second-order valence-corrected chi connectivity index (χ2v) is 9.84. The number of nitrogens with two attached hydrogens (primary N) is 1. The van der Waals surface area contributed by atoms with Crippen molar-refractivity contribution in [2.75, 3.05) is 19.4 Å². The van der Waals surface area contributed by atoms with E-state index in [-0.39, 0.29) is 4.90 Å². The summed E-state index contributed by atoms with van der Waals surface area (Å²) in [5.74, 6) is 0. The van der Waals surface area contributed by atoms with E-state index in [2.05, 4.69) is 20.7 Å². The van der Waals surface area contributed by atoms with Crippen LogP contribution >= 0.6 is 0 Å². The molecule has 4 rings (SSSR count). The van der Waals surface area contributed by atoms with Gasteiger partial charge in [0.2, 0.25) is 0 Å². The molecule has 0 spiro atoms. The lowest BCUT2D eigenvalue weighted by atomic mass is 9.99. The van der Waals surface area contributed by atoms with Crippen LogP contribution in [-0.2, 0) is 42.1 Å². The van der Waals surface area contributed by atoms with Crippen LogP contribution in [0.5, 0.6) is 0 Å². The smallest absolute Gasteiger partial charge is 0.305 e. The molecule has 0 radical (unpaired) electrons. The van der Waals surface area contributed by atoms with Crippen molar-refractivity contribution in [3.63, 3.8) is 0 Å². The maximum atomic E-state index is 12.9. The fourth-order valence-electron chi connectivity index (χ4n) is 4.27. The second-order valence-electron chi connectivity index (χ2n) is 8.05. The second kappa shape index (κ2) is 7.85. The van der Waals surface area contributed by atoms with Gasteiger partial charge in [0.15, 0.2) is 0 Å². The lowest BCUT2D eigenvalue weighted by molar-refractivity contribution is 0.260. The van der Waals surface area contributed by atoms with Gasteiger partial charge in [-0.1, -0.05) is 6.07 Å². The number of carbonyl (C=O) groups excluding carboxylic acids is 1. The molecule has 2 aliphatic rings. The highest BCUT2D eigenvalue weighted by Gasteiger charge is 2.25. The van der Waals surface area contributed by atoms with Crippen LogP contribution in [0.25, 0.3) is 0 Å². The van der Waals surface area contributed by atoms with Crippen molar-refractivity contribution in [1.82, 2.24) is 9.88 Å². The molecular formula is C21H27N5O2S. The number of nitrogens with zero attached hydrogens (tertiary/aromatic N) is 3. The van der Waals surface area contributed by atoms with Crippen LogP contribution in [0, 0.1) is 0 Å². The number of aryl methyl sites for hydroxylation is 2. The molecule has 0 unspecified atom stereocenters. The van der Waals surface area contributed by atoms with Gasteiger partial charge in [0.25, 0.3) is 0 Å². The maximum Gasteiger partial charge on any atom is 0.354 e. The fraction of sp³-hybridized carbons (Fsp3) is 0.429. The van der Waals surface area contributed by atoms with E-state index in [1.54, 1.807) is 12.1 Å². The van der Waals surface area contributed by atoms with E-state index in [1.165, 1.54) is 28.5 Å². The first-order chi connectivity index (χ1) is 13.8. The minimum atomic E-state index is -3.37. The number of fused-ring (bicyclic) bond motifs is 2. The Labute approximate surface area is 172 Å². The van der Waals surface area contributed by atoms with Gasteiger partial charge in [-0.3, -0.25) is 4.98 Å². The number of hydrogen-bond donors (Lipinski definition) is 2. The number of urea groups is 1. The number of anilines is 1. The molecule has 1 aromatic heterocycles. The largest absolute Gasteiger partial charge is 0.354 e. The number of nitrogens with one attached hydrogen (secondary N) is 1. The van der Waals surface area contributed by atoms with Crippen LogP contribution in [0.15, 0.2) is 33.7 Å². The van der Waals surface area contributed by atoms with Gasteiger partial charge in [0.1, 0.15) is 9.92 Å². The van der Waals surface area contributed by atoms with Crippen molar-refractivity contribution in [2.45, 2.75) is 50.0 Å². The van der Waals surface area contributed by atoms with Gasteiger partial charge in [-0.2, -0.15) is 0 Å². The highest BCUT2D eigenvalue weighted by molar-refractivity contribution is 7.91. The number of hydrogen-bond acceptors (Lipinski definition) is 4. The maximum absolute atomic E-state index is 12.9. The minimum absolute atomic E-state index is 0.249. The molecule has 7 nitrogen and oxygen atoms in total. The fourth-order valence-corrected chi connectivity index (χ4v) is 5.14. The Morgan fingerprint density at radius 2 is 1.83 bits per heavy atom. The van der Waals surface area contributed by atoms with Crippen LogP contribution < -0.4 is 10.5 Å². The number of amides is 2. The van der Waals surface area contributed by atoms with E-state index < -0.39 is 15.9 Å². The Balaban J connectivity index is 1.59. The average Bonchev–Trinajstić information content (AvgIpc) is 3.30. The first-order valence-corrected chi connectivity index (χ1v) is 11.5. The van der Waals surface area contributed by atoms with Crippen molar-refractivity contribution in [3.8, 4) is 0 Å². The normalized spacial score (nSPS) is 17.0. The summed E-state index contributed by atoms with van der Waals surface area (Å²) in [7, 11) is 0.520. The van der Waals surface area contributed by atoms with Crippen LogP contribution in [0.2, 0.25) is 0 Å². The molecule has 2 aliphatic carbocycles. The van der Waals surface area contributed by atoms with Crippen LogP contribution in [0.1, 0.15) is 40.8 Å². The quantitative estimate of drug-likeness (QED) is 0.804. The Bertz CT molecular complexity index is 1040. The van der Waals surface area contributed by atoms with Crippen LogP contribution in [-0.4, -0.2) is 34.2 Å². The molecule has 0 bridgehead atoms. The van der Waals surface area contributed by atoms with Gasteiger partial charge in [-0.05, 0) is 87.0 Å². The molecule has 0 fully saturated rings. The third kappa shape index (κ3) is 4.19.